The van der Waals surface area contributed by atoms with Crippen LogP contribution in [0.5, 0.6) is 0 Å². The first-order chi connectivity index (χ1) is 9.60. The van der Waals surface area contributed by atoms with Gasteiger partial charge in [-0.25, -0.2) is 4.39 Å². The van der Waals surface area contributed by atoms with Gasteiger partial charge in [0.2, 0.25) is 5.91 Å². The van der Waals surface area contributed by atoms with Crippen LogP contribution < -0.4 is 10.6 Å². The smallest absolute Gasteiger partial charge is 0.224 e. The highest BCUT2D eigenvalue weighted by Crippen LogP contribution is 2.48. The summed E-state index contributed by atoms with van der Waals surface area (Å²) in [7, 11) is 0. The van der Waals surface area contributed by atoms with Gasteiger partial charge in [0.25, 0.3) is 0 Å². The number of halogens is 1. The molecule has 1 aliphatic carbocycles. The van der Waals surface area contributed by atoms with E-state index in [0.717, 1.165) is 24.1 Å². The first kappa shape index (κ1) is 13.6. The highest BCUT2D eigenvalue weighted by Gasteiger charge is 2.41. The average molecular weight is 276 g/mol. The molecule has 3 unspecified atom stereocenters. The van der Waals surface area contributed by atoms with Crippen LogP contribution in [-0.4, -0.2) is 12.5 Å². The van der Waals surface area contributed by atoms with Crippen LogP contribution in [0.3, 0.4) is 0 Å². The molecule has 0 bridgehead atoms. The van der Waals surface area contributed by atoms with Crippen LogP contribution in [-0.2, 0) is 11.2 Å². The summed E-state index contributed by atoms with van der Waals surface area (Å²) in [5.41, 5.74) is 2.45. The van der Waals surface area contributed by atoms with Gasteiger partial charge in [0.05, 0.1) is 0 Å². The van der Waals surface area contributed by atoms with Gasteiger partial charge in [-0.2, -0.15) is 0 Å². The Hall–Kier alpha value is -1.42. The fourth-order valence-electron chi connectivity index (χ4n) is 3.19. The minimum absolute atomic E-state index is 0.0244. The number of rotatable bonds is 4. The van der Waals surface area contributed by atoms with Crippen molar-refractivity contribution in [3.8, 4) is 0 Å². The summed E-state index contributed by atoms with van der Waals surface area (Å²) in [5, 5.41) is 6.17. The maximum absolute atomic E-state index is 14.4. The van der Waals surface area contributed by atoms with Crippen molar-refractivity contribution in [2.24, 2.45) is 11.8 Å². The molecule has 20 heavy (non-hydrogen) atoms. The standard InChI is InChI=1S/C16H21FN2O/c1-3-18-16(11-6-9(11)2)12-7-10-4-5-15(20)19-14(10)8-13(12)17/h7-9,11,16,18H,3-6H2,1-2H3,(H,19,20). The van der Waals surface area contributed by atoms with E-state index in [0.29, 0.717) is 30.4 Å². The van der Waals surface area contributed by atoms with Crippen molar-refractivity contribution in [3.05, 3.63) is 29.1 Å². The summed E-state index contributed by atoms with van der Waals surface area (Å²) >= 11 is 0. The molecule has 1 saturated carbocycles. The summed E-state index contributed by atoms with van der Waals surface area (Å²) in [6.45, 7) is 5.10. The van der Waals surface area contributed by atoms with Gasteiger partial charge in [-0.3, -0.25) is 4.79 Å². The Morgan fingerprint density at radius 3 is 2.85 bits per heavy atom. The van der Waals surface area contributed by atoms with Crippen LogP contribution >= 0.6 is 0 Å². The van der Waals surface area contributed by atoms with Gasteiger partial charge in [-0.05, 0) is 48.9 Å². The Balaban J connectivity index is 1.94. The Kier molecular flexibility index (Phi) is 3.50. The fraction of sp³-hybridized carbons (Fsp3) is 0.562. The van der Waals surface area contributed by atoms with Crippen LogP contribution in [0, 0.1) is 17.7 Å². The van der Waals surface area contributed by atoms with Crippen molar-refractivity contribution in [1.29, 1.82) is 0 Å². The monoisotopic (exact) mass is 276 g/mol. The maximum Gasteiger partial charge on any atom is 0.224 e. The van der Waals surface area contributed by atoms with E-state index in [4.69, 9.17) is 0 Å². The van der Waals surface area contributed by atoms with Gasteiger partial charge >= 0.3 is 0 Å². The lowest BCUT2D eigenvalue weighted by atomic mass is 9.94. The van der Waals surface area contributed by atoms with E-state index >= 15 is 0 Å². The summed E-state index contributed by atoms with van der Waals surface area (Å²) < 4.78 is 14.4. The first-order valence-corrected chi connectivity index (χ1v) is 7.45. The number of nitrogens with one attached hydrogen (secondary N) is 2. The molecule has 1 amide bonds. The van der Waals surface area contributed by atoms with Gasteiger partial charge in [0.15, 0.2) is 0 Å². The van der Waals surface area contributed by atoms with Gasteiger partial charge in [0.1, 0.15) is 5.82 Å². The molecule has 0 radical (unpaired) electrons. The minimum Gasteiger partial charge on any atom is -0.326 e. The number of hydrogen-bond acceptors (Lipinski definition) is 2. The van der Waals surface area contributed by atoms with E-state index in [2.05, 4.69) is 24.5 Å². The molecular formula is C16H21FN2O. The number of fused-ring (bicyclic) bond motifs is 1. The van der Waals surface area contributed by atoms with Gasteiger partial charge in [0, 0.05) is 23.7 Å². The highest BCUT2D eigenvalue weighted by atomic mass is 19.1. The number of benzene rings is 1. The first-order valence-electron chi connectivity index (χ1n) is 7.45. The molecular weight excluding hydrogens is 255 g/mol. The molecule has 0 aromatic heterocycles. The molecule has 1 aromatic rings. The Morgan fingerprint density at radius 2 is 2.20 bits per heavy atom. The van der Waals surface area contributed by atoms with Crippen LogP contribution in [0.25, 0.3) is 0 Å². The quantitative estimate of drug-likeness (QED) is 0.887. The molecule has 2 aliphatic rings. The number of aryl methyl sites for hydroxylation is 1. The normalized spacial score (nSPS) is 25.9. The van der Waals surface area contributed by atoms with Crippen LogP contribution in [0.2, 0.25) is 0 Å². The average Bonchev–Trinajstić information content (AvgIpc) is 3.12. The predicted octanol–water partition coefficient (Wildman–Crippen LogP) is 3.02. The lowest BCUT2D eigenvalue weighted by molar-refractivity contribution is -0.116. The Labute approximate surface area is 118 Å². The molecule has 0 saturated heterocycles. The highest BCUT2D eigenvalue weighted by molar-refractivity contribution is 5.93. The lowest BCUT2D eigenvalue weighted by Gasteiger charge is -2.23. The molecule has 0 spiro atoms. The zero-order valence-electron chi connectivity index (χ0n) is 12.0. The van der Waals surface area contributed by atoms with Crippen molar-refractivity contribution in [2.75, 3.05) is 11.9 Å². The molecule has 3 nitrogen and oxygen atoms in total. The van der Waals surface area contributed by atoms with E-state index in [-0.39, 0.29) is 17.8 Å². The molecule has 1 aliphatic heterocycles. The molecule has 1 heterocycles. The SMILES string of the molecule is CCNC(c1cc2c(cc1F)NC(=O)CC2)C1CC1C. The lowest BCUT2D eigenvalue weighted by Crippen LogP contribution is -2.26. The number of hydrogen-bond donors (Lipinski definition) is 2. The largest absolute Gasteiger partial charge is 0.326 e. The predicted molar refractivity (Wildman–Crippen MR) is 77.0 cm³/mol. The fourth-order valence-corrected chi connectivity index (χ4v) is 3.19. The summed E-state index contributed by atoms with van der Waals surface area (Å²) in [4.78, 5) is 11.4. The third-order valence-corrected chi connectivity index (χ3v) is 4.48. The minimum atomic E-state index is -0.212. The molecule has 1 fully saturated rings. The summed E-state index contributed by atoms with van der Waals surface area (Å²) in [6, 6.07) is 3.53. The van der Waals surface area contributed by atoms with Crippen molar-refractivity contribution in [1.82, 2.24) is 5.32 Å². The molecule has 2 N–H and O–H groups in total. The van der Waals surface area contributed by atoms with E-state index in [9.17, 15) is 9.18 Å². The third kappa shape index (κ3) is 2.44. The maximum atomic E-state index is 14.4. The van der Waals surface area contributed by atoms with E-state index < -0.39 is 0 Å². The Morgan fingerprint density at radius 1 is 1.45 bits per heavy atom. The van der Waals surface area contributed by atoms with Crippen molar-refractivity contribution in [3.63, 3.8) is 0 Å². The van der Waals surface area contributed by atoms with Crippen LogP contribution in [0.4, 0.5) is 10.1 Å². The van der Waals surface area contributed by atoms with Gasteiger partial charge < -0.3 is 10.6 Å². The molecule has 3 atom stereocenters. The second-order valence-electron chi connectivity index (χ2n) is 5.99. The molecule has 4 heteroatoms. The zero-order valence-corrected chi connectivity index (χ0v) is 12.0. The third-order valence-electron chi connectivity index (χ3n) is 4.48. The van der Waals surface area contributed by atoms with Crippen molar-refractivity contribution < 1.29 is 9.18 Å². The Bertz CT molecular complexity index is 544. The van der Waals surface area contributed by atoms with Crippen LogP contribution in [0.1, 0.15) is 43.9 Å². The number of carbonyl (C=O) groups is 1. The summed E-state index contributed by atoms with van der Waals surface area (Å²) in [5.74, 6) is 0.953. The zero-order chi connectivity index (χ0) is 14.3. The molecule has 1 aromatic carbocycles. The van der Waals surface area contributed by atoms with Gasteiger partial charge in [-0.15, -0.1) is 0 Å². The molecule has 108 valence electrons. The second kappa shape index (κ2) is 5.17. The number of anilines is 1. The van der Waals surface area contributed by atoms with Gasteiger partial charge in [-0.1, -0.05) is 13.8 Å². The molecule has 3 rings (SSSR count). The topological polar surface area (TPSA) is 41.1 Å². The van der Waals surface area contributed by atoms with E-state index in [1.54, 1.807) is 0 Å². The number of amides is 1. The van der Waals surface area contributed by atoms with Crippen LogP contribution in [0.15, 0.2) is 12.1 Å². The number of carbonyl (C=O) groups excluding carboxylic acids is 1. The van der Waals surface area contributed by atoms with E-state index in [1.807, 2.05) is 6.07 Å². The second-order valence-corrected chi connectivity index (χ2v) is 5.99. The van der Waals surface area contributed by atoms with Crippen molar-refractivity contribution >= 4 is 11.6 Å². The summed E-state index contributed by atoms with van der Waals surface area (Å²) in [6.07, 6.45) is 2.35. The van der Waals surface area contributed by atoms with E-state index in [1.165, 1.54) is 6.07 Å². The van der Waals surface area contributed by atoms with Crippen molar-refractivity contribution in [2.45, 2.75) is 39.2 Å².